The molecule has 0 fully saturated rings. The van der Waals surface area contributed by atoms with E-state index in [1.807, 2.05) is 18.2 Å². The van der Waals surface area contributed by atoms with E-state index < -0.39 is 5.97 Å². The molecule has 2 rings (SSSR count). The van der Waals surface area contributed by atoms with Gasteiger partial charge >= 0.3 is 5.97 Å². The number of hydrogen-bond donors (Lipinski definition) is 2. The number of anilines is 2. The second-order valence-corrected chi connectivity index (χ2v) is 6.07. The minimum atomic E-state index is -0.514. The van der Waals surface area contributed by atoms with Crippen molar-refractivity contribution >= 4 is 40.9 Å². The van der Waals surface area contributed by atoms with Crippen LogP contribution < -0.4 is 10.6 Å². The second kappa shape index (κ2) is 8.89. The van der Waals surface area contributed by atoms with Crippen LogP contribution in [-0.4, -0.2) is 30.6 Å². The number of amides is 2. The van der Waals surface area contributed by atoms with Crippen molar-refractivity contribution in [3.63, 3.8) is 0 Å². The van der Waals surface area contributed by atoms with Crippen LogP contribution in [-0.2, 0) is 14.3 Å². The lowest BCUT2D eigenvalue weighted by Gasteiger charge is -2.11. The summed E-state index contributed by atoms with van der Waals surface area (Å²) in [6.45, 7) is 1.43. The lowest BCUT2D eigenvalue weighted by molar-refractivity contribution is -0.114. The molecule has 0 atom stereocenters. The number of nitrogens with one attached hydrogen (secondary N) is 2. The van der Waals surface area contributed by atoms with Crippen molar-refractivity contribution < 1.29 is 19.1 Å². The largest absolute Gasteiger partial charge is 0.465 e. The molecule has 0 aliphatic carbocycles. The Bertz CT molecular complexity index is 792. The zero-order valence-corrected chi connectivity index (χ0v) is 14.7. The van der Waals surface area contributed by atoms with E-state index in [9.17, 15) is 14.4 Å². The van der Waals surface area contributed by atoms with Crippen LogP contribution in [0.1, 0.15) is 17.3 Å². The average Bonchev–Trinajstić information content (AvgIpc) is 2.60. The summed E-state index contributed by atoms with van der Waals surface area (Å²) in [6, 6.07) is 13.9. The number of ether oxygens (including phenoxy) is 1. The molecule has 0 bridgehead atoms. The van der Waals surface area contributed by atoms with Crippen LogP contribution in [0.2, 0.25) is 0 Å². The molecule has 0 saturated heterocycles. The Labute approximate surface area is 149 Å². The van der Waals surface area contributed by atoms with Gasteiger partial charge in [0, 0.05) is 11.8 Å². The molecular weight excluding hydrogens is 340 g/mol. The minimum Gasteiger partial charge on any atom is -0.465 e. The van der Waals surface area contributed by atoms with Crippen molar-refractivity contribution in [3.8, 4) is 0 Å². The van der Waals surface area contributed by atoms with E-state index in [1.165, 1.54) is 25.8 Å². The molecular formula is C18H18N2O4S. The van der Waals surface area contributed by atoms with Gasteiger partial charge in [0.2, 0.25) is 11.8 Å². The maximum atomic E-state index is 12.2. The summed E-state index contributed by atoms with van der Waals surface area (Å²) in [6.07, 6.45) is 0. The summed E-state index contributed by atoms with van der Waals surface area (Å²) in [7, 11) is 1.29. The quantitative estimate of drug-likeness (QED) is 0.612. The first-order chi connectivity index (χ1) is 12.0. The molecule has 7 heteroatoms. The van der Waals surface area contributed by atoms with Crippen molar-refractivity contribution in [2.75, 3.05) is 23.5 Å². The summed E-state index contributed by atoms with van der Waals surface area (Å²) in [5.41, 5.74) is 1.35. The summed E-state index contributed by atoms with van der Waals surface area (Å²) in [5.74, 6) is -0.824. The molecule has 0 radical (unpaired) electrons. The third kappa shape index (κ3) is 5.36. The first-order valence-electron chi connectivity index (χ1n) is 7.48. The summed E-state index contributed by atoms with van der Waals surface area (Å²) in [4.78, 5) is 36.0. The van der Waals surface area contributed by atoms with Crippen LogP contribution in [0.4, 0.5) is 11.4 Å². The first-order valence-corrected chi connectivity index (χ1v) is 8.46. The monoisotopic (exact) mass is 358 g/mol. The van der Waals surface area contributed by atoms with Crippen LogP contribution in [0.25, 0.3) is 0 Å². The molecule has 0 aliphatic heterocycles. The Kier molecular flexibility index (Phi) is 6.59. The van der Waals surface area contributed by atoms with Gasteiger partial charge in [-0.05, 0) is 24.3 Å². The van der Waals surface area contributed by atoms with E-state index in [2.05, 4.69) is 10.6 Å². The average molecular weight is 358 g/mol. The SMILES string of the molecule is COC(=O)c1ccccc1NC(=O)CSc1ccccc1NC(C)=O. The molecule has 0 heterocycles. The second-order valence-electron chi connectivity index (χ2n) is 5.05. The van der Waals surface area contributed by atoms with Gasteiger partial charge in [-0.1, -0.05) is 24.3 Å². The van der Waals surface area contributed by atoms with Gasteiger partial charge < -0.3 is 15.4 Å². The topological polar surface area (TPSA) is 84.5 Å². The normalized spacial score (nSPS) is 10.0. The third-order valence-electron chi connectivity index (χ3n) is 3.16. The molecule has 0 aliphatic rings. The van der Waals surface area contributed by atoms with E-state index in [-0.39, 0.29) is 17.6 Å². The molecule has 0 unspecified atom stereocenters. The Morgan fingerprint density at radius 1 is 0.960 bits per heavy atom. The van der Waals surface area contributed by atoms with Crippen LogP contribution in [0.15, 0.2) is 53.4 Å². The number of para-hydroxylation sites is 2. The van der Waals surface area contributed by atoms with Gasteiger partial charge in [-0.2, -0.15) is 0 Å². The molecule has 2 aromatic rings. The van der Waals surface area contributed by atoms with Gasteiger partial charge in [0.1, 0.15) is 0 Å². The Morgan fingerprint density at radius 2 is 1.60 bits per heavy atom. The van der Waals surface area contributed by atoms with E-state index in [0.29, 0.717) is 16.9 Å². The van der Waals surface area contributed by atoms with Gasteiger partial charge in [0.15, 0.2) is 0 Å². The number of carbonyl (C=O) groups is 3. The van der Waals surface area contributed by atoms with E-state index in [4.69, 9.17) is 4.74 Å². The molecule has 0 spiro atoms. The molecule has 2 N–H and O–H groups in total. The molecule has 0 saturated carbocycles. The van der Waals surface area contributed by atoms with Crippen molar-refractivity contribution in [3.05, 3.63) is 54.1 Å². The number of rotatable bonds is 6. The highest BCUT2D eigenvalue weighted by atomic mass is 32.2. The van der Waals surface area contributed by atoms with Gasteiger partial charge in [0.25, 0.3) is 0 Å². The maximum Gasteiger partial charge on any atom is 0.339 e. The number of carbonyl (C=O) groups excluding carboxylic acids is 3. The van der Waals surface area contributed by atoms with Crippen molar-refractivity contribution in [1.82, 2.24) is 0 Å². The molecule has 0 aromatic heterocycles. The van der Waals surface area contributed by atoms with Crippen LogP contribution >= 0.6 is 11.8 Å². The summed E-state index contributed by atoms with van der Waals surface area (Å²) < 4.78 is 4.70. The lowest BCUT2D eigenvalue weighted by Crippen LogP contribution is -2.17. The van der Waals surface area contributed by atoms with Crippen LogP contribution in [0.5, 0.6) is 0 Å². The number of esters is 1. The number of thioether (sulfide) groups is 1. The zero-order chi connectivity index (χ0) is 18.2. The van der Waals surface area contributed by atoms with Gasteiger partial charge in [-0.3, -0.25) is 9.59 Å². The number of methoxy groups -OCH3 is 1. The molecule has 2 amide bonds. The predicted octanol–water partition coefficient (Wildman–Crippen LogP) is 3.16. The highest BCUT2D eigenvalue weighted by Gasteiger charge is 2.14. The molecule has 130 valence electrons. The zero-order valence-electron chi connectivity index (χ0n) is 13.9. The Balaban J connectivity index is 2.03. The lowest BCUT2D eigenvalue weighted by atomic mass is 10.2. The van der Waals surface area contributed by atoms with E-state index in [1.54, 1.807) is 30.3 Å². The van der Waals surface area contributed by atoms with Crippen molar-refractivity contribution in [1.29, 1.82) is 0 Å². The van der Waals surface area contributed by atoms with Gasteiger partial charge in [0.05, 0.1) is 29.8 Å². The van der Waals surface area contributed by atoms with Crippen molar-refractivity contribution in [2.24, 2.45) is 0 Å². The van der Waals surface area contributed by atoms with Gasteiger partial charge in [-0.25, -0.2) is 4.79 Å². The summed E-state index contributed by atoms with van der Waals surface area (Å²) >= 11 is 1.29. The highest BCUT2D eigenvalue weighted by molar-refractivity contribution is 8.00. The fraction of sp³-hybridized carbons (Fsp3) is 0.167. The Hall–Kier alpha value is -2.80. The standard InChI is InChI=1S/C18H18N2O4S/c1-12(21)19-15-9-5-6-10-16(15)25-11-17(22)20-14-8-4-3-7-13(14)18(23)24-2/h3-10H,11H2,1-2H3,(H,19,21)(H,20,22). The molecule has 6 nitrogen and oxygen atoms in total. The smallest absolute Gasteiger partial charge is 0.339 e. The van der Waals surface area contributed by atoms with Crippen LogP contribution in [0.3, 0.4) is 0 Å². The third-order valence-corrected chi connectivity index (χ3v) is 4.24. The fourth-order valence-corrected chi connectivity index (χ4v) is 2.90. The van der Waals surface area contributed by atoms with E-state index in [0.717, 1.165) is 4.90 Å². The summed E-state index contributed by atoms with van der Waals surface area (Å²) in [5, 5.41) is 5.43. The Morgan fingerprint density at radius 3 is 2.28 bits per heavy atom. The van der Waals surface area contributed by atoms with Crippen LogP contribution in [0, 0.1) is 0 Å². The maximum absolute atomic E-state index is 12.2. The fourth-order valence-electron chi connectivity index (χ4n) is 2.10. The minimum absolute atomic E-state index is 0.131. The number of hydrogen-bond acceptors (Lipinski definition) is 5. The molecule has 25 heavy (non-hydrogen) atoms. The first kappa shape index (κ1) is 18.5. The van der Waals surface area contributed by atoms with E-state index >= 15 is 0 Å². The van der Waals surface area contributed by atoms with Crippen molar-refractivity contribution in [2.45, 2.75) is 11.8 Å². The molecule has 2 aromatic carbocycles. The highest BCUT2D eigenvalue weighted by Crippen LogP contribution is 2.27. The van der Waals surface area contributed by atoms with Gasteiger partial charge in [-0.15, -0.1) is 11.8 Å². The predicted molar refractivity (Wildman–Crippen MR) is 97.9 cm³/mol. The number of benzene rings is 2.